The summed E-state index contributed by atoms with van der Waals surface area (Å²) in [6.07, 6.45) is 0.923. The monoisotopic (exact) mass is 461 g/mol. The van der Waals surface area contributed by atoms with E-state index in [1.807, 2.05) is 12.1 Å². The molecule has 1 N–H and O–H groups in total. The highest BCUT2D eigenvalue weighted by atomic mass is 32.2. The van der Waals surface area contributed by atoms with Crippen LogP contribution in [0.2, 0.25) is 0 Å². The average Bonchev–Trinajstić information content (AvgIpc) is 2.80. The number of carbonyl (C=O) groups excluding carboxylic acids is 1. The summed E-state index contributed by atoms with van der Waals surface area (Å²) in [4.78, 5) is 14.9. The smallest absolute Gasteiger partial charge is 0.223 e. The normalized spacial score (nSPS) is 15.5. The second kappa shape index (κ2) is 10.9. The van der Waals surface area contributed by atoms with Gasteiger partial charge in [-0.1, -0.05) is 30.3 Å². The van der Waals surface area contributed by atoms with Crippen LogP contribution in [0.15, 0.2) is 48.5 Å². The maximum absolute atomic E-state index is 13.8. The van der Waals surface area contributed by atoms with E-state index in [0.717, 1.165) is 24.3 Å². The molecule has 1 aliphatic rings. The van der Waals surface area contributed by atoms with Crippen LogP contribution in [0.3, 0.4) is 0 Å². The molecular formula is C24H32FN3O3S. The van der Waals surface area contributed by atoms with E-state index in [4.69, 9.17) is 0 Å². The minimum absolute atomic E-state index is 0.0519. The highest BCUT2D eigenvalue weighted by Gasteiger charge is 2.31. The van der Waals surface area contributed by atoms with Crippen LogP contribution in [0, 0.1) is 11.7 Å². The third-order valence-electron chi connectivity index (χ3n) is 6.05. The summed E-state index contributed by atoms with van der Waals surface area (Å²) in [5, 5.41) is 2.98. The SMILES string of the molecule is CCN(CC)c1ccc(CNC(=O)C2CCN(S(=O)(=O)Cc3ccccc3F)CC2)cc1. The Labute approximate surface area is 190 Å². The first kappa shape index (κ1) is 24.2. The molecule has 1 amide bonds. The van der Waals surface area contributed by atoms with Crippen LogP contribution >= 0.6 is 0 Å². The van der Waals surface area contributed by atoms with Gasteiger partial charge in [-0.25, -0.2) is 17.1 Å². The molecule has 0 bridgehead atoms. The molecule has 1 heterocycles. The zero-order chi connectivity index (χ0) is 23.1. The Balaban J connectivity index is 1.48. The van der Waals surface area contributed by atoms with Crippen molar-refractivity contribution in [2.45, 2.75) is 39.0 Å². The van der Waals surface area contributed by atoms with E-state index < -0.39 is 15.8 Å². The summed E-state index contributed by atoms with van der Waals surface area (Å²) in [5.74, 6) is -1.15. The van der Waals surface area contributed by atoms with Crippen molar-refractivity contribution < 1.29 is 17.6 Å². The molecule has 6 nitrogen and oxygen atoms in total. The lowest BCUT2D eigenvalue weighted by Gasteiger charge is -2.30. The molecule has 1 aliphatic heterocycles. The molecule has 2 aromatic rings. The van der Waals surface area contributed by atoms with Crippen molar-refractivity contribution in [3.63, 3.8) is 0 Å². The summed E-state index contributed by atoms with van der Waals surface area (Å²) in [5.41, 5.74) is 2.35. The standard InChI is InChI=1S/C24H32FN3O3S/c1-3-27(4-2)22-11-9-19(10-12-22)17-26-24(29)20-13-15-28(16-14-20)32(30,31)18-21-7-5-6-8-23(21)25/h5-12,20H,3-4,13-18H2,1-2H3,(H,26,29). The van der Waals surface area contributed by atoms with Gasteiger partial charge < -0.3 is 10.2 Å². The van der Waals surface area contributed by atoms with Gasteiger partial charge in [-0.05, 0) is 50.5 Å². The molecule has 0 radical (unpaired) electrons. The van der Waals surface area contributed by atoms with Gasteiger partial charge in [0.1, 0.15) is 5.82 Å². The molecule has 8 heteroatoms. The number of benzene rings is 2. The maximum Gasteiger partial charge on any atom is 0.223 e. The van der Waals surface area contributed by atoms with Crippen molar-refractivity contribution in [2.75, 3.05) is 31.1 Å². The summed E-state index contributed by atoms with van der Waals surface area (Å²) < 4.78 is 40.5. The maximum atomic E-state index is 13.8. The Morgan fingerprint density at radius 3 is 2.28 bits per heavy atom. The first-order valence-electron chi connectivity index (χ1n) is 11.2. The van der Waals surface area contributed by atoms with Crippen molar-refractivity contribution >= 4 is 21.6 Å². The molecular weight excluding hydrogens is 429 g/mol. The van der Waals surface area contributed by atoms with Crippen LogP contribution in [0.4, 0.5) is 10.1 Å². The van der Waals surface area contributed by atoms with Gasteiger partial charge in [0.15, 0.2) is 0 Å². The predicted octanol–water partition coefficient (Wildman–Crippen LogP) is 3.53. The molecule has 0 unspecified atom stereocenters. The fraction of sp³-hybridized carbons (Fsp3) is 0.458. The van der Waals surface area contributed by atoms with Gasteiger partial charge in [-0.3, -0.25) is 4.79 Å². The Kier molecular flexibility index (Phi) is 8.26. The zero-order valence-corrected chi connectivity index (χ0v) is 19.6. The first-order chi connectivity index (χ1) is 15.3. The molecule has 32 heavy (non-hydrogen) atoms. The van der Waals surface area contributed by atoms with Crippen molar-refractivity contribution in [2.24, 2.45) is 5.92 Å². The predicted molar refractivity (Wildman–Crippen MR) is 125 cm³/mol. The van der Waals surface area contributed by atoms with E-state index in [2.05, 4.69) is 36.2 Å². The van der Waals surface area contributed by atoms with E-state index in [-0.39, 0.29) is 36.2 Å². The number of amides is 1. The lowest BCUT2D eigenvalue weighted by atomic mass is 9.97. The van der Waals surface area contributed by atoms with E-state index in [9.17, 15) is 17.6 Å². The number of rotatable bonds is 9. The number of carbonyl (C=O) groups is 1. The highest BCUT2D eigenvalue weighted by molar-refractivity contribution is 7.88. The molecule has 0 spiro atoms. The van der Waals surface area contributed by atoms with Gasteiger partial charge in [-0.2, -0.15) is 0 Å². The topological polar surface area (TPSA) is 69.7 Å². The van der Waals surface area contributed by atoms with Crippen molar-refractivity contribution in [3.8, 4) is 0 Å². The Morgan fingerprint density at radius 1 is 1.06 bits per heavy atom. The lowest BCUT2D eigenvalue weighted by molar-refractivity contribution is -0.126. The van der Waals surface area contributed by atoms with E-state index >= 15 is 0 Å². The quantitative estimate of drug-likeness (QED) is 0.620. The van der Waals surface area contributed by atoms with Crippen LogP contribution in [0.5, 0.6) is 0 Å². The molecule has 1 fully saturated rings. The van der Waals surface area contributed by atoms with Gasteiger partial charge in [0.25, 0.3) is 0 Å². The van der Waals surface area contributed by atoms with Crippen LogP contribution in [0.25, 0.3) is 0 Å². The number of nitrogens with one attached hydrogen (secondary N) is 1. The van der Waals surface area contributed by atoms with Crippen LogP contribution < -0.4 is 10.2 Å². The molecule has 0 saturated carbocycles. The van der Waals surface area contributed by atoms with Gasteiger partial charge >= 0.3 is 0 Å². The Hall–Kier alpha value is -2.45. The minimum Gasteiger partial charge on any atom is -0.372 e. The van der Waals surface area contributed by atoms with Crippen LogP contribution in [-0.4, -0.2) is 44.8 Å². The second-order valence-corrected chi connectivity index (χ2v) is 10.0. The molecule has 0 aromatic heterocycles. The summed E-state index contributed by atoms with van der Waals surface area (Å²) in [7, 11) is -3.62. The zero-order valence-electron chi connectivity index (χ0n) is 18.8. The number of sulfonamides is 1. The van der Waals surface area contributed by atoms with Crippen LogP contribution in [-0.2, 0) is 27.1 Å². The molecule has 0 aliphatic carbocycles. The highest BCUT2D eigenvalue weighted by Crippen LogP contribution is 2.23. The van der Waals surface area contributed by atoms with Crippen molar-refractivity contribution in [3.05, 3.63) is 65.5 Å². The molecule has 1 saturated heterocycles. The number of halogens is 1. The molecule has 2 aromatic carbocycles. The largest absolute Gasteiger partial charge is 0.372 e. The van der Waals surface area contributed by atoms with E-state index in [0.29, 0.717) is 19.4 Å². The number of piperidine rings is 1. The fourth-order valence-corrected chi connectivity index (χ4v) is 5.62. The van der Waals surface area contributed by atoms with E-state index in [1.165, 1.54) is 22.5 Å². The molecule has 0 atom stereocenters. The number of hydrogen-bond donors (Lipinski definition) is 1. The van der Waals surface area contributed by atoms with Gasteiger partial charge in [0.05, 0.1) is 5.75 Å². The fourth-order valence-electron chi connectivity index (χ4n) is 4.05. The average molecular weight is 462 g/mol. The Morgan fingerprint density at radius 2 is 1.69 bits per heavy atom. The summed E-state index contributed by atoms with van der Waals surface area (Å²) in [6, 6.07) is 14.1. The third-order valence-corrected chi connectivity index (χ3v) is 7.87. The first-order valence-corrected chi connectivity index (χ1v) is 12.8. The van der Waals surface area contributed by atoms with Crippen molar-refractivity contribution in [1.82, 2.24) is 9.62 Å². The molecule has 3 rings (SSSR count). The summed E-state index contributed by atoms with van der Waals surface area (Å²) >= 11 is 0. The third kappa shape index (κ3) is 6.07. The minimum atomic E-state index is -3.62. The number of nitrogens with zero attached hydrogens (tertiary/aromatic N) is 2. The van der Waals surface area contributed by atoms with E-state index in [1.54, 1.807) is 6.07 Å². The Bertz CT molecular complexity index is 999. The number of hydrogen-bond acceptors (Lipinski definition) is 4. The summed E-state index contributed by atoms with van der Waals surface area (Å²) in [6.45, 7) is 7.12. The lowest BCUT2D eigenvalue weighted by Crippen LogP contribution is -2.43. The van der Waals surface area contributed by atoms with Crippen molar-refractivity contribution in [1.29, 1.82) is 0 Å². The second-order valence-electron chi connectivity index (χ2n) is 8.08. The van der Waals surface area contributed by atoms with Gasteiger partial charge in [-0.15, -0.1) is 0 Å². The number of anilines is 1. The van der Waals surface area contributed by atoms with Gasteiger partial charge in [0.2, 0.25) is 15.9 Å². The molecule has 174 valence electrons. The van der Waals surface area contributed by atoms with Gasteiger partial charge in [0, 0.05) is 49.9 Å². The van der Waals surface area contributed by atoms with Crippen LogP contribution in [0.1, 0.15) is 37.8 Å².